The average Bonchev–Trinajstić information content (AvgIpc) is 3.26. The van der Waals surface area contributed by atoms with Gasteiger partial charge in [0.25, 0.3) is 0 Å². The van der Waals surface area contributed by atoms with Gasteiger partial charge in [0, 0.05) is 44.1 Å². The van der Waals surface area contributed by atoms with Crippen molar-refractivity contribution in [2.24, 2.45) is 5.92 Å². The molecule has 1 aromatic rings. The van der Waals surface area contributed by atoms with Crippen molar-refractivity contribution in [1.82, 2.24) is 9.80 Å². The van der Waals surface area contributed by atoms with Crippen molar-refractivity contribution in [2.45, 2.75) is 26.2 Å². The van der Waals surface area contributed by atoms with Crippen LogP contribution in [0.3, 0.4) is 0 Å². The van der Waals surface area contributed by atoms with Gasteiger partial charge in [0.15, 0.2) is 0 Å². The summed E-state index contributed by atoms with van der Waals surface area (Å²) in [6.45, 7) is 7.62. The van der Waals surface area contributed by atoms with Gasteiger partial charge < -0.3 is 20.0 Å². The van der Waals surface area contributed by atoms with Crippen LogP contribution in [0.1, 0.15) is 26.2 Å². The maximum Gasteiger partial charge on any atom is 0.321 e. The number of nitrogens with one attached hydrogen (secondary N) is 1. The lowest BCUT2D eigenvalue weighted by atomic mass is 10.1. The molecule has 6 heteroatoms. The molecule has 0 spiro atoms. The van der Waals surface area contributed by atoms with E-state index in [4.69, 9.17) is 0 Å². The molecule has 2 saturated heterocycles. The second-order valence-electron chi connectivity index (χ2n) is 7.28. The van der Waals surface area contributed by atoms with Gasteiger partial charge in [-0.15, -0.1) is 0 Å². The number of hydrogen-bond acceptors (Lipinski definition) is 3. The number of urea groups is 1. The van der Waals surface area contributed by atoms with Crippen LogP contribution in [0.15, 0.2) is 18.2 Å². The molecule has 2 aliphatic heterocycles. The molecule has 1 aromatic carbocycles. The Labute approximate surface area is 149 Å². The highest BCUT2D eigenvalue weighted by atomic mass is 19.1. The fourth-order valence-electron chi connectivity index (χ4n) is 3.74. The van der Waals surface area contributed by atoms with Crippen LogP contribution in [0.5, 0.6) is 0 Å². The van der Waals surface area contributed by atoms with E-state index < -0.39 is 0 Å². The monoisotopic (exact) mass is 348 g/mol. The Balaban J connectivity index is 1.59. The summed E-state index contributed by atoms with van der Waals surface area (Å²) in [6, 6.07) is 4.70. The second-order valence-corrected chi connectivity index (χ2v) is 7.28. The Bertz CT molecular complexity index is 603. The van der Waals surface area contributed by atoms with Crippen molar-refractivity contribution in [3.05, 3.63) is 24.0 Å². The summed E-state index contributed by atoms with van der Waals surface area (Å²) >= 11 is 0. The van der Waals surface area contributed by atoms with Crippen molar-refractivity contribution in [2.75, 3.05) is 56.5 Å². The summed E-state index contributed by atoms with van der Waals surface area (Å²) in [5.41, 5.74) is 1.40. The minimum Gasteiger partial charge on any atom is -0.371 e. The molecule has 0 radical (unpaired) electrons. The quantitative estimate of drug-likeness (QED) is 0.888. The standard InChI is InChI=1S/C19H29FN4O/c1-3-22(2)13-15-6-9-24(14-15)19(25)21-17-10-16(20)11-18(12-17)23-7-4-5-8-23/h10-12,15H,3-9,13-14H2,1-2H3,(H,21,25)/t15-/m0/s1. The highest BCUT2D eigenvalue weighted by Gasteiger charge is 2.27. The van der Waals surface area contributed by atoms with Gasteiger partial charge in [-0.2, -0.15) is 0 Å². The summed E-state index contributed by atoms with van der Waals surface area (Å²) in [5.74, 6) is 0.215. The number of carbonyl (C=O) groups excluding carboxylic acids is 1. The van der Waals surface area contributed by atoms with Crippen molar-refractivity contribution >= 4 is 17.4 Å². The van der Waals surface area contributed by atoms with Crippen molar-refractivity contribution in [1.29, 1.82) is 0 Å². The fraction of sp³-hybridized carbons (Fsp3) is 0.632. The Kier molecular flexibility index (Phi) is 5.78. The number of benzene rings is 1. The molecule has 1 N–H and O–H groups in total. The molecular formula is C19H29FN4O. The van der Waals surface area contributed by atoms with E-state index >= 15 is 0 Å². The van der Waals surface area contributed by atoms with Crippen molar-refractivity contribution in [3.8, 4) is 0 Å². The van der Waals surface area contributed by atoms with Gasteiger partial charge in [-0.05, 0) is 57.0 Å². The normalized spacial score (nSPS) is 20.6. The Morgan fingerprint density at radius 3 is 2.76 bits per heavy atom. The topological polar surface area (TPSA) is 38.8 Å². The molecule has 0 bridgehead atoms. The molecule has 2 aliphatic rings. The summed E-state index contributed by atoms with van der Waals surface area (Å²) in [4.78, 5) is 18.8. The Hall–Kier alpha value is -1.82. The Morgan fingerprint density at radius 2 is 2.04 bits per heavy atom. The third-order valence-corrected chi connectivity index (χ3v) is 5.29. The molecule has 3 rings (SSSR count). The lowest BCUT2D eigenvalue weighted by Crippen LogP contribution is -2.34. The molecule has 2 heterocycles. The van der Waals surface area contributed by atoms with Crippen LogP contribution in [0.2, 0.25) is 0 Å². The van der Waals surface area contributed by atoms with Crippen LogP contribution < -0.4 is 10.2 Å². The number of likely N-dealkylation sites (tertiary alicyclic amines) is 1. The summed E-state index contributed by atoms with van der Waals surface area (Å²) in [5, 5.41) is 2.88. The largest absolute Gasteiger partial charge is 0.371 e. The first-order chi connectivity index (χ1) is 12.0. The number of hydrogen-bond donors (Lipinski definition) is 1. The molecule has 1 atom stereocenters. The predicted molar refractivity (Wildman–Crippen MR) is 99.7 cm³/mol. The van der Waals surface area contributed by atoms with Crippen LogP contribution in [-0.4, -0.2) is 62.1 Å². The number of rotatable bonds is 5. The predicted octanol–water partition coefficient (Wildman–Crippen LogP) is 3.23. The molecule has 2 fully saturated rings. The lowest BCUT2D eigenvalue weighted by molar-refractivity contribution is 0.218. The van der Waals surface area contributed by atoms with Crippen LogP contribution in [0.4, 0.5) is 20.6 Å². The number of nitrogens with zero attached hydrogens (tertiary/aromatic N) is 3. The summed E-state index contributed by atoms with van der Waals surface area (Å²) in [6.07, 6.45) is 3.30. The minimum absolute atomic E-state index is 0.125. The first kappa shape index (κ1) is 18.0. The van der Waals surface area contributed by atoms with Gasteiger partial charge in [0.2, 0.25) is 0 Å². The van der Waals surface area contributed by atoms with E-state index in [0.717, 1.165) is 64.2 Å². The SMILES string of the molecule is CCN(C)C[C@@H]1CCN(C(=O)Nc2cc(F)cc(N3CCCC3)c2)C1. The summed E-state index contributed by atoms with van der Waals surface area (Å²) in [7, 11) is 2.11. The van der Waals surface area contributed by atoms with E-state index in [9.17, 15) is 9.18 Å². The third kappa shape index (κ3) is 4.63. The van der Waals surface area contributed by atoms with Gasteiger partial charge in [-0.3, -0.25) is 0 Å². The van der Waals surface area contributed by atoms with E-state index in [1.807, 2.05) is 11.0 Å². The van der Waals surface area contributed by atoms with E-state index in [1.165, 1.54) is 6.07 Å². The maximum atomic E-state index is 14.0. The molecule has 138 valence electrons. The molecular weight excluding hydrogens is 319 g/mol. The second kappa shape index (κ2) is 8.04. The molecule has 25 heavy (non-hydrogen) atoms. The molecule has 2 amide bonds. The summed E-state index contributed by atoms with van der Waals surface area (Å²) < 4.78 is 14.0. The fourth-order valence-corrected chi connectivity index (χ4v) is 3.74. The minimum atomic E-state index is -0.302. The third-order valence-electron chi connectivity index (χ3n) is 5.29. The molecule has 0 saturated carbocycles. The van der Waals surface area contributed by atoms with E-state index in [-0.39, 0.29) is 11.8 Å². The van der Waals surface area contributed by atoms with E-state index in [1.54, 1.807) is 6.07 Å². The van der Waals surface area contributed by atoms with Crippen LogP contribution >= 0.6 is 0 Å². The lowest BCUT2D eigenvalue weighted by Gasteiger charge is -2.22. The van der Waals surface area contributed by atoms with Gasteiger partial charge in [-0.1, -0.05) is 6.92 Å². The number of halogens is 1. The number of amides is 2. The zero-order valence-electron chi connectivity index (χ0n) is 15.3. The highest BCUT2D eigenvalue weighted by molar-refractivity contribution is 5.90. The first-order valence-corrected chi connectivity index (χ1v) is 9.35. The zero-order valence-corrected chi connectivity index (χ0v) is 15.3. The average molecular weight is 348 g/mol. The van der Waals surface area contributed by atoms with Gasteiger partial charge >= 0.3 is 6.03 Å². The molecule has 0 unspecified atom stereocenters. The molecule has 5 nitrogen and oxygen atoms in total. The van der Waals surface area contributed by atoms with Gasteiger partial charge in [0.05, 0.1) is 0 Å². The van der Waals surface area contributed by atoms with Crippen LogP contribution in [0, 0.1) is 11.7 Å². The van der Waals surface area contributed by atoms with Crippen molar-refractivity contribution < 1.29 is 9.18 Å². The Morgan fingerprint density at radius 1 is 1.28 bits per heavy atom. The van der Waals surface area contributed by atoms with E-state index in [2.05, 4.69) is 29.1 Å². The first-order valence-electron chi connectivity index (χ1n) is 9.35. The van der Waals surface area contributed by atoms with Gasteiger partial charge in [0.1, 0.15) is 5.82 Å². The van der Waals surface area contributed by atoms with Gasteiger partial charge in [-0.25, -0.2) is 9.18 Å². The number of carbonyl (C=O) groups is 1. The zero-order chi connectivity index (χ0) is 17.8. The highest BCUT2D eigenvalue weighted by Crippen LogP contribution is 2.26. The maximum absolute atomic E-state index is 14.0. The number of anilines is 2. The van der Waals surface area contributed by atoms with Crippen LogP contribution in [-0.2, 0) is 0 Å². The van der Waals surface area contributed by atoms with E-state index in [0.29, 0.717) is 11.6 Å². The molecule has 0 aromatic heterocycles. The van der Waals surface area contributed by atoms with Crippen molar-refractivity contribution in [3.63, 3.8) is 0 Å². The smallest absolute Gasteiger partial charge is 0.321 e. The molecule has 0 aliphatic carbocycles. The van der Waals surface area contributed by atoms with Crippen LogP contribution in [0.25, 0.3) is 0 Å².